The molecule has 0 spiro atoms. The van der Waals surface area contributed by atoms with Crippen molar-refractivity contribution in [2.24, 2.45) is 0 Å². The fraction of sp³-hybridized carbons (Fsp3) is 1.00. The van der Waals surface area contributed by atoms with Crippen molar-refractivity contribution in [1.82, 2.24) is 0 Å². The molecule has 0 saturated carbocycles. The molecule has 0 aromatic carbocycles. The number of alkyl halides is 1. The van der Waals surface area contributed by atoms with Gasteiger partial charge in [0.25, 0.3) is 0 Å². The zero-order valence-corrected chi connectivity index (χ0v) is 6.14. The third-order valence-electron chi connectivity index (χ3n) is 0.882. The van der Waals surface area contributed by atoms with E-state index in [4.69, 9.17) is 0 Å². The molecule has 3 heteroatoms. The van der Waals surface area contributed by atoms with Gasteiger partial charge in [-0.25, -0.2) is 0 Å². The van der Waals surface area contributed by atoms with Crippen molar-refractivity contribution in [2.45, 2.75) is 0 Å². The Balaban J connectivity index is 2.28. The molecule has 1 atom stereocenters. The van der Waals surface area contributed by atoms with Gasteiger partial charge in [-0.15, -0.1) is 0 Å². The summed E-state index contributed by atoms with van der Waals surface area (Å²) in [5, 5.41) is 0. The molecule has 0 aromatic rings. The normalized spacial score (nSPS) is 44.3. The van der Waals surface area contributed by atoms with Crippen LogP contribution in [0.25, 0.3) is 5.43 Å². The number of rotatable bonds is 1. The van der Waals surface area contributed by atoms with E-state index in [0.29, 0.717) is 21.5 Å². The van der Waals surface area contributed by atoms with Crippen LogP contribution < -0.4 is 21.5 Å². The number of quaternary nitrogens is 1. The maximum atomic E-state index is 4.12. The Morgan fingerprint density at radius 1 is 1.83 bits per heavy atom. The van der Waals surface area contributed by atoms with E-state index in [1.54, 1.807) is 0 Å². The molecular formula is C3H8IN2-. The quantitative estimate of drug-likeness (QED) is 0.144. The molecule has 1 heterocycles. The predicted octanol–water partition coefficient (Wildman–Crippen LogP) is -2.67. The summed E-state index contributed by atoms with van der Waals surface area (Å²) in [6.45, 7) is 0. The molecule has 38 valence electrons. The van der Waals surface area contributed by atoms with E-state index < -0.39 is 0 Å². The van der Waals surface area contributed by atoms with Gasteiger partial charge in [-0.05, 0) is 0 Å². The SMILES string of the molecule is C[N-][N+]1(C)C[I-]1. The van der Waals surface area contributed by atoms with Crippen LogP contribution in [0, 0.1) is 0 Å². The Hall–Kier alpha value is 0.650. The fourth-order valence-corrected chi connectivity index (χ4v) is 1.24. The molecule has 0 amide bonds. The summed E-state index contributed by atoms with van der Waals surface area (Å²) in [7, 11) is 4.07. The molecule has 1 rings (SSSR count). The summed E-state index contributed by atoms with van der Waals surface area (Å²) in [5.74, 6) is 0. The number of nitrogens with zero attached hydrogens (tertiary/aromatic N) is 2. The van der Waals surface area contributed by atoms with Crippen molar-refractivity contribution < 1.29 is 24.3 Å². The molecule has 1 aliphatic heterocycles. The van der Waals surface area contributed by atoms with E-state index >= 15 is 0 Å². The zero-order valence-electron chi connectivity index (χ0n) is 3.98. The molecule has 0 bridgehead atoms. The minimum atomic E-state index is 0.461. The van der Waals surface area contributed by atoms with Gasteiger partial charge in [0.15, 0.2) is 0 Å². The van der Waals surface area contributed by atoms with Crippen molar-refractivity contribution in [1.29, 1.82) is 0 Å². The van der Waals surface area contributed by atoms with Crippen molar-refractivity contribution in [3.63, 3.8) is 0 Å². The number of halogens is 1. The van der Waals surface area contributed by atoms with Crippen LogP contribution in [0.2, 0.25) is 0 Å². The first-order chi connectivity index (χ1) is 2.77. The Bertz CT molecular complexity index is 59.8. The Kier molecular flexibility index (Phi) is 1.05. The van der Waals surface area contributed by atoms with Crippen molar-refractivity contribution >= 4 is 0 Å². The molecule has 2 nitrogen and oxygen atoms in total. The Morgan fingerprint density at radius 3 is 2.33 bits per heavy atom. The maximum absolute atomic E-state index is 4.12. The number of hydrogen-bond donors (Lipinski definition) is 0. The summed E-state index contributed by atoms with van der Waals surface area (Å²) in [5.41, 5.74) is 4.12. The molecular weight excluding hydrogens is 191 g/mol. The van der Waals surface area contributed by atoms with Crippen molar-refractivity contribution in [3.8, 4) is 0 Å². The molecule has 1 saturated heterocycles. The van der Waals surface area contributed by atoms with Crippen molar-refractivity contribution in [2.75, 3.05) is 18.6 Å². The molecule has 1 aliphatic rings. The molecule has 1 fully saturated rings. The topological polar surface area (TPSA) is 14.1 Å². The van der Waals surface area contributed by atoms with Crippen LogP contribution in [0.3, 0.4) is 0 Å². The monoisotopic (exact) mass is 199 g/mol. The molecule has 1 unspecified atom stereocenters. The van der Waals surface area contributed by atoms with Gasteiger partial charge in [-0.2, -0.15) is 0 Å². The first-order valence-electron chi connectivity index (χ1n) is 1.85. The first-order valence-corrected chi connectivity index (χ1v) is 4.34. The summed E-state index contributed by atoms with van der Waals surface area (Å²) in [6.07, 6.45) is 0. The van der Waals surface area contributed by atoms with Crippen LogP contribution in [0.15, 0.2) is 0 Å². The van der Waals surface area contributed by atoms with E-state index in [1.165, 1.54) is 4.55 Å². The zero-order chi connectivity index (χ0) is 4.62. The van der Waals surface area contributed by atoms with Gasteiger partial charge in [0.05, 0.1) is 0 Å². The van der Waals surface area contributed by atoms with Crippen LogP contribution in [0.1, 0.15) is 0 Å². The average molecular weight is 199 g/mol. The summed E-state index contributed by atoms with van der Waals surface area (Å²) in [4.78, 5) is 0. The van der Waals surface area contributed by atoms with Gasteiger partial charge in [-0.3, -0.25) is 0 Å². The van der Waals surface area contributed by atoms with Crippen LogP contribution in [0.4, 0.5) is 0 Å². The molecule has 0 aliphatic carbocycles. The van der Waals surface area contributed by atoms with Crippen LogP contribution in [0.5, 0.6) is 0 Å². The van der Waals surface area contributed by atoms with E-state index in [9.17, 15) is 0 Å². The van der Waals surface area contributed by atoms with E-state index in [-0.39, 0.29) is 0 Å². The van der Waals surface area contributed by atoms with Crippen molar-refractivity contribution in [3.05, 3.63) is 5.43 Å². The standard InChI is InChI=1S/C3H8IN2/c1-5-6(2)3-4-6/h3H2,1-2H3/q-1. The fourth-order valence-electron chi connectivity index (χ4n) is 0.184. The Morgan fingerprint density at radius 2 is 2.33 bits per heavy atom. The third-order valence-corrected chi connectivity index (χ3v) is 3.97. The summed E-state index contributed by atoms with van der Waals surface area (Å²) >= 11 is 0.461. The van der Waals surface area contributed by atoms with Gasteiger partial charge >= 0.3 is 48.4 Å². The van der Waals surface area contributed by atoms with Gasteiger partial charge in [0.1, 0.15) is 0 Å². The summed E-state index contributed by atoms with van der Waals surface area (Å²) in [6, 6.07) is 0. The van der Waals surface area contributed by atoms with E-state index in [2.05, 4.69) is 12.5 Å². The Labute approximate surface area is 48.7 Å². The van der Waals surface area contributed by atoms with Crippen LogP contribution in [-0.4, -0.2) is 21.5 Å². The second-order valence-corrected chi connectivity index (χ2v) is 4.90. The first kappa shape index (κ1) is 4.80. The predicted molar refractivity (Wildman–Crippen MR) is 20.3 cm³/mol. The summed E-state index contributed by atoms with van der Waals surface area (Å²) < 4.78 is 2.41. The van der Waals surface area contributed by atoms with E-state index in [1.807, 2.05) is 7.05 Å². The van der Waals surface area contributed by atoms with Gasteiger partial charge < -0.3 is 0 Å². The molecule has 0 N–H and O–H groups in total. The number of hydrogen-bond acceptors (Lipinski definition) is 0. The molecule has 0 radical (unpaired) electrons. The van der Waals surface area contributed by atoms with Crippen LogP contribution in [-0.2, 0) is 0 Å². The van der Waals surface area contributed by atoms with Gasteiger partial charge in [0.2, 0.25) is 0 Å². The van der Waals surface area contributed by atoms with Crippen LogP contribution >= 0.6 is 0 Å². The second kappa shape index (κ2) is 1.31. The molecule has 6 heavy (non-hydrogen) atoms. The molecule has 0 aromatic heterocycles. The minimum absolute atomic E-state index is 0.461. The van der Waals surface area contributed by atoms with Gasteiger partial charge in [-0.1, -0.05) is 0 Å². The average Bonchev–Trinajstić information content (AvgIpc) is 2.22. The third kappa shape index (κ3) is 0.828. The van der Waals surface area contributed by atoms with E-state index in [0.717, 1.165) is 2.81 Å². The second-order valence-electron chi connectivity index (χ2n) is 1.46. The van der Waals surface area contributed by atoms with Gasteiger partial charge in [0, 0.05) is 0 Å².